The zero-order valence-corrected chi connectivity index (χ0v) is 18.9. The SMILES string of the molecule is COC(=O)c1ccccc1COc1ccc2nc(C)n(Cc3ncc(C(F)(F)F)cc3Cl)c2c1. The minimum Gasteiger partial charge on any atom is -0.489 e. The van der Waals surface area contributed by atoms with Gasteiger partial charge in [-0.25, -0.2) is 9.78 Å². The molecule has 0 unspecified atom stereocenters. The van der Waals surface area contributed by atoms with Crippen LogP contribution in [0, 0.1) is 6.92 Å². The molecule has 176 valence electrons. The molecule has 0 aliphatic heterocycles. The van der Waals surface area contributed by atoms with Crippen LogP contribution in [-0.4, -0.2) is 27.6 Å². The van der Waals surface area contributed by atoms with Gasteiger partial charge in [0.25, 0.3) is 0 Å². The Bertz CT molecular complexity index is 1370. The van der Waals surface area contributed by atoms with E-state index in [1.807, 2.05) is 0 Å². The smallest absolute Gasteiger partial charge is 0.417 e. The minimum atomic E-state index is -4.52. The highest BCUT2D eigenvalue weighted by molar-refractivity contribution is 6.31. The minimum absolute atomic E-state index is 0.0807. The molecule has 34 heavy (non-hydrogen) atoms. The summed E-state index contributed by atoms with van der Waals surface area (Å²) in [7, 11) is 1.31. The quantitative estimate of drug-likeness (QED) is 0.319. The molecule has 0 aliphatic carbocycles. The summed E-state index contributed by atoms with van der Waals surface area (Å²) in [5, 5.41) is -0.0807. The summed E-state index contributed by atoms with van der Waals surface area (Å²) in [5.74, 6) is 0.713. The van der Waals surface area contributed by atoms with E-state index >= 15 is 0 Å². The number of benzene rings is 2. The van der Waals surface area contributed by atoms with E-state index in [4.69, 9.17) is 21.1 Å². The van der Waals surface area contributed by atoms with Crippen LogP contribution in [0.1, 0.15) is 33.0 Å². The number of hydrogen-bond acceptors (Lipinski definition) is 5. The maximum absolute atomic E-state index is 12.9. The number of methoxy groups -OCH3 is 1. The van der Waals surface area contributed by atoms with E-state index in [1.165, 1.54) is 7.11 Å². The molecule has 2 heterocycles. The second-order valence-corrected chi connectivity index (χ2v) is 7.89. The number of halogens is 4. The molecule has 0 spiro atoms. The van der Waals surface area contributed by atoms with E-state index in [2.05, 4.69) is 9.97 Å². The Morgan fingerprint density at radius 3 is 2.62 bits per heavy atom. The number of ether oxygens (including phenoxy) is 2. The highest BCUT2D eigenvalue weighted by Crippen LogP contribution is 2.32. The number of nitrogens with zero attached hydrogens (tertiary/aromatic N) is 3. The van der Waals surface area contributed by atoms with E-state index in [-0.39, 0.29) is 23.9 Å². The lowest BCUT2D eigenvalue weighted by molar-refractivity contribution is -0.137. The van der Waals surface area contributed by atoms with Crippen LogP contribution in [0.2, 0.25) is 5.02 Å². The number of fused-ring (bicyclic) bond motifs is 1. The summed E-state index contributed by atoms with van der Waals surface area (Å²) in [6, 6.07) is 13.1. The Balaban J connectivity index is 1.60. The van der Waals surface area contributed by atoms with Crippen molar-refractivity contribution in [1.82, 2.24) is 14.5 Å². The number of pyridine rings is 1. The van der Waals surface area contributed by atoms with Crippen LogP contribution in [0.4, 0.5) is 13.2 Å². The van der Waals surface area contributed by atoms with Crippen LogP contribution in [0.25, 0.3) is 11.0 Å². The van der Waals surface area contributed by atoms with Crippen molar-refractivity contribution >= 4 is 28.6 Å². The van der Waals surface area contributed by atoms with Gasteiger partial charge in [-0.2, -0.15) is 13.2 Å². The number of rotatable bonds is 6. The maximum Gasteiger partial charge on any atom is 0.417 e. The van der Waals surface area contributed by atoms with E-state index in [1.54, 1.807) is 54.0 Å². The summed E-state index contributed by atoms with van der Waals surface area (Å²) in [5.41, 5.74) is 1.85. The standard InChI is InChI=1S/C24H19ClF3N3O3/c1-14-30-20-8-7-17(34-13-15-5-3-4-6-18(15)23(32)33-2)10-22(20)31(14)12-21-19(25)9-16(11-29-21)24(26,27)28/h3-11H,12-13H2,1-2H3. The lowest BCUT2D eigenvalue weighted by atomic mass is 10.1. The van der Waals surface area contributed by atoms with Crippen molar-refractivity contribution in [2.75, 3.05) is 7.11 Å². The Morgan fingerprint density at radius 1 is 1.15 bits per heavy atom. The fourth-order valence-corrected chi connectivity index (χ4v) is 3.74. The summed E-state index contributed by atoms with van der Waals surface area (Å²) in [6.45, 7) is 2.05. The van der Waals surface area contributed by atoms with Crippen molar-refractivity contribution in [2.24, 2.45) is 0 Å². The molecule has 0 aliphatic rings. The normalized spacial score (nSPS) is 11.6. The molecular weight excluding hydrogens is 471 g/mol. The number of aromatic nitrogens is 3. The maximum atomic E-state index is 12.9. The van der Waals surface area contributed by atoms with Crippen LogP contribution in [-0.2, 0) is 24.1 Å². The number of carbonyl (C=O) groups is 1. The van der Waals surface area contributed by atoms with Gasteiger partial charge in [-0.1, -0.05) is 29.8 Å². The van der Waals surface area contributed by atoms with Crippen molar-refractivity contribution in [2.45, 2.75) is 26.3 Å². The third-order valence-electron chi connectivity index (χ3n) is 5.28. The number of carbonyl (C=O) groups excluding carboxylic acids is 1. The highest BCUT2D eigenvalue weighted by Gasteiger charge is 2.31. The summed E-state index contributed by atoms with van der Waals surface area (Å²) in [6.07, 6.45) is -3.76. The van der Waals surface area contributed by atoms with Crippen molar-refractivity contribution in [3.8, 4) is 5.75 Å². The predicted molar refractivity (Wildman–Crippen MR) is 120 cm³/mol. The first-order chi connectivity index (χ1) is 16.2. The van der Waals surface area contributed by atoms with Crippen LogP contribution in [0.15, 0.2) is 54.7 Å². The number of alkyl halides is 3. The van der Waals surface area contributed by atoms with Crippen molar-refractivity contribution in [3.05, 3.63) is 88.0 Å². The molecule has 10 heteroatoms. The van der Waals surface area contributed by atoms with Gasteiger partial charge in [0, 0.05) is 17.8 Å². The fraction of sp³-hybridized carbons (Fsp3) is 0.208. The van der Waals surface area contributed by atoms with Gasteiger partial charge < -0.3 is 14.0 Å². The van der Waals surface area contributed by atoms with E-state index in [0.717, 1.165) is 12.3 Å². The van der Waals surface area contributed by atoms with Gasteiger partial charge in [-0.3, -0.25) is 4.98 Å². The molecule has 4 rings (SSSR count). The average molecular weight is 490 g/mol. The Kier molecular flexibility index (Phi) is 6.47. The van der Waals surface area contributed by atoms with Gasteiger partial charge in [-0.15, -0.1) is 0 Å². The first kappa shape index (κ1) is 23.6. The second kappa shape index (κ2) is 9.34. The molecule has 0 fully saturated rings. The summed E-state index contributed by atoms with van der Waals surface area (Å²) >= 11 is 6.10. The van der Waals surface area contributed by atoms with Gasteiger partial charge in [0.15, 0.2) is 0 Å². The molecule has 0 N–H and O–H groups in total. The number of hydrogen-bond donors (Lipinski definition) is 0. The molecule has 2 aromatic carbocycles. The van der Waals surface area contributed by atoms with E-state index in [0.29, 0.717) is 33.7 Å². The zero-order valence-electron chi connectivity index (χ0n) is 18.2. The first-order valence-corrected chi connectivity index (χ1v) is 10.5. The third-order valence-corrected chi connectivity index (χ3v) is 5.61. The lowest BCUT2D eigenvalue weighted by Crippen LogP contribution is -2.09. The molecule has 0 atom stereocenters. The van der Waals surface area contributed by atoms with E-state index in [9.17, 15) is 18.0 Å². The van der Waals surface area contributed by atoms with Gasteiger partial charge in [0.2, 0.25) is 0 Å². The number of imidazole rings is 1. The van der Waals surface area contributed by atoms with Crippen LogP contribution in [0.5, 0.6) is 5.75 Å². The zero-order chi connectivity index (χ0) is 24.5. The van der Waals surface area contributed by atoms with Crippen molar-refractivity contribution < 1.29 is 27.4 Å². The second-order valence-electron chi connectivity index (χ2n) is 7.48. The molecule has 6 nitrogen and oxygen atoms in total. The van der Waals surface area contributed by atoms with Crippen molar-refractivity contribution in [3.63, 3.8) is 0 Å². The fourth-order valence-electron chi connectivity index (χ4n) is 3.52. The van der Waals surface area contributed by atoms with Gasteiger partial charge in [0.1, 0.15) is 18.2 Å². The molecule has 0 bridgehead atoms. The third kappa shape index (κ3) is 4.84. The van der Waals surface area contributed by atoms with Crippen LogP contribution < -0.4 is 4.74 Å². The molecule has 0 saturated carbocycles. The largest absolute Gasteiger partial charge is 0.489 e. The Hall–Kier alpha value is -3.59. The summed E-state index contributed by atoms with van der Waals surface area (Å²) in [4.78, 5) is 20.4. The van der Waals surface area contributed by atoms with Crippen LogP contribution >= 0.6 is 11.6 Å². The lowest BCUT2D eigenvalue weighted by Gasteiger charge is -2.12. The highest BCUT2D eigenvalue weighted by atomic mass is 35.5. The molecule has 0 radical (unpaired) electrons. The Labute approximate surface area is 197 Å². The van der Waals surface area contributed by atoms with Gasteiger partial charge >= 0.3 is 12.1 Å². The first-order valence-electron chi connectivity index (χ1n) is 10.1. The molecule has 4 aromatic rings. The molecule has 2 aromatic heterocycles. The van der Waals surface area contributed by atoms with Gasteiger partial charge in [0.05, 0.1) is 46.5 Å². The number of aryl methyl sites for hydroxylation is 1. The van der Waals surface area contributed by atoms with E-state index < -0.39 is 17.7 Å². The summed E-state index contributed by atoms with van der Waals surface area (Å²) < 4.78 is 51.3. The molecule has 0 amide bonds. The monoisotopic (exact) mass is 489 g/mol. The topological polar surface area (TPSA) is 66.2 Å². The molecular formula is C24H19ClF3N3O3. The number of esters is 1. The van der Waals surface area contributed by atoms with Gasteiger partial charge in [-0.05, 0) is 31.2 Å². The van der Waals surface area contributed by atoms with Crippen molar-refractivity contribution in [1.29, 1.82) is 0 Å². The Morgan fingerprint density at radius 2 is 1.91 bits per heavy atom. The molecule has 0 saturated heterocycles. The van der Waals surface area contributed by atoms with Crippen LogP contribution in [0.3, 0.4) is 0 Å². The predicted octanol–water partition coefficient (Wildman–Crippen LogP) is 5.83. The average Bonchev–Trinajstić information content (AvgIpc) is 3.12.